The van der Waals surface area contributed by atoms with Gasteiger partial charge in [-0.2, -0.15) is 0 Å². The number of hydrogen-bond acceptors (Lipinski definition) is 2. The summed E-state index contributed by atoms with van der Waals surface area (Å²) in [4.78, 5) is 15.8. The number of nitrogens with zero attached hydrogens (tertiary/aromatic N) is 1. The molecule has 0 aliphatic carbocycles. The Kier molecular flexibility index (Phi) is 5.56. The van der Waals surface area contributed by atoms with Crippen LogP contribution < -0.4 is 10.2 Å². The zero-order chi connectivity index (χ0) is 16.8. The summed E-state index contributed by atoms with van der Waals surface area (Å²) in [6.45, 7) is 4.83. The molecular formula is C19H22N3OS+. The van der Waals surface area contributed by atoms with E-state index in [4.69, 9.17) is 12.2 Å². The molecule has 2 N–H and O–H groups in total. The van der Waals surface area contributed by atoms with Crippen LogP contribution in [0.2, 0.25) is 0 Å². The molecule has 124 valence electrons. The summed E-state index contributed by atoms with van der Waals surface area (Å²) >= 11 is 5.40. The van der Waals surface area contributed by atoms with Crippen LogP contribution in [0.15, 0.2) is 60.7 Å². The summed E-state index contributed by atoms with van der Waals surface area (Å²) in [7, 11) is 0. The van der Waals surface area contributed by atoms with E-state index in [-0.39, 0.29) is 5.91 Å². The van der Waals surface area contributed by atoms with Gasteiger partial charge in [0.2, 0.25) is 0 Å². The first-order valence-corrected chi connectivity index (χ1v) is 8.66. The summed E-state index contributed by atoms with van der Waals surface area (Å²) in [5.41, 5.74) is 1.99. The molecule has 3 rings (SSSR count). The second-order valence-electron chi connectivity index (χ2n) is 6.02. The van der Waals surface area contributed by atoms with Gasteiger partial charge in [0.05, 0.1) is 26.2 Å². The SMILES string of the molecule is O=C(NC(=S)N1CC[NH+](Cc2ccccc2)CC1)c1ccccc1. The Hall–Kier alpha value is -2.24. The van der Waals surface area contributed by atoms with Crippen molar-refractivity contribution in [1.29, 1.82) is 0 Å². The minimum atomic E-state index is -0.139. The Bertz CT molecular complexity index is 682. The molecule has 0 spiro atoms. The molecule has 2 aromatic carbocycles. The Morgan fingerprint density at radius 3 is 2.21 bits per heavy atom. The van der Waals surface area contributed by atoms with Gasteiger partial charge in [-0.05, 0) is 24.4 Å². The van der Waals surface area contributed by atoms with Gasteiger partial charge in [-0.3, -0.25) is 10.1 Å². The lowest BCUT2D eigenvalue weighted by molar-refractivity contribution is -0.917. The maximum absolute atomic E-state index is 12.2. The third-order valence-electron chi connectivity index (χ3n) is 4.31. The van der Waals surface area contributed by atoms with Gasteiger partial charge in [-0.15, -0.1) is 0 Å². The number of carbonyl (C=O) groups excluding carboxylic acids is 1. The van der Waals surface area contributed by atoms with Crippen molar-refractivity contribution in [3.8, 4) is 0 Å². The number of benzene rings is 2. The highest BCUT2D eigenvalue weighted by atomic mass is 32.1. The third kappa shape index (κ3) is 4.40. The number of thiocarbonyl (C=S) groups is 1. The van der Waals surface area contributed by atoms with Gasteiger partial charge in [0, 0.05) is 11.1 Å². The first-order chi connectivity index (χ1) is 11.7. The molecule has 24 heavy (non-hydrogen) atoms. The zero-order valence-electron chi connectivity index (χ0n) is 13.6. The summed E-state index contributed by atoms with van der Waals surface area (Å²) in [5.74, 6) is -0.139. The fourth-order valence-corrected chi connectivity index (χ4v) is 3.20. The molecule has 0 radical (unpaired) electrons. The fraction of sp³-hybridized carbons (Fsp3) is 0.263. The van der Waals surface area contributed by atoms with E-state index < -0.39 is 0 Å². The summed E-state index contributed by atoms with van der Waals surface area (Å²) < 4.78 is 0. The average Bonchev–Trinajstić information content (AvgIpc) is 2.64. The molecular weight excluding hydrogens is 318 g/mol. The predicted octanol–water partition coefficient (Wildman–Crippen LogP) is 1.10. The van der Waals surface area contributed by atoms with Gasteiger partial charge in [0.1, 0.15) is 6.54 Å². The molecule has 1 aliphatic heterocycles. The smallest absolute Gasteiger partial charge is 0.257 e. The van der Waals surface area contributed by atoms with E-state index in [1.54, 1.807) is 17.0 Å². The van der Waals surface area contributed by atoms with Crippen LogP contribution in [0.1, 0.15) is 15.9 Å². The number of amides is 1. The molecule has 1 heterocycles. The molecule has 0 saturated carbocycles. The maximum atomic E-state index is 12.2. The number of rotatable bonds is 3. The van der Waals surface area contributed by atoms with Crippen LogP contribution in [0.3, 0.4) is 0 Å². The Balaban J connectivity index is 1.47. The highest BCUT2D eigenvalue weighted by molar-refractivity contribution is 7.80. The van der Waals surface area contributed by atoms with Crippen molar-refractivity contribution < 1.29 is 9.69 Å². The topological polar surface area (TPSA) is 36.8 Å². The van der Waals surface area contributed by atoms with Crippen LogP contribution in [0.5, 0.6) is 0 Å². The van der Waals surface area contributed by atoms with Gasteiger partial charge >= 0.3 is 0 Å². The molecule has 2 aromatic rings. The highest BCUT2D eigenvalue weighted by Crippen LogP contribution is 2.00. The van der Waals surface area contributed by atoms with Gasteiger partial charge in [-0.25, -0.2) is 0 Å². The van der Waals surface area contributed by atoms with Gasteiger partial charge in [0.15, 0.2) is 5.11 Å². The molecule has 1 aliphatic rings. The van der Waals surface area contributed by atoms with Crippen molar-refractivity contribution in [2.45, 2.75) is 6.54 Å². The van der Waals surface area contributed by atoms with E-state index >= 15 is 0 Å². The summed E-state index contributed by atoms with van der Waals surface area (Å²) in [5, 5.41) is 3.37. The Morgan fingerprint density at radius 1 is 1.00 bits per heavy atom. The number of hydrogen-bond donors (Lipinski definition) is 2. The van der Waals surface area contributed by atoms with Crippen molar-refractivity contribution in [3.05, 3.63) is 71.8 Å². The van der Waals surface area contributed by atoms with E-state index in [9.17, 15) is 4.79 Å². The van der Waals surface area contributed by atoms with Crippen LogP contribution in [-0.2, 0) is 6.54 Å². The average molecular weight is 340 g/mol. The van der Waals surface area contributed by atoms with E-state index in [0.29, 0.717) is 10.7 Å². The third-order valence-corrected chi connectivity index (χ3v) is 4.67. The molecule has 0 unspecified atom stereocenters. The lowest BCUT2D eigenvalue weighted by atomic mass is 10.2. The van der Waals surface area contributed by atoms with Crippen LogP contribution >= 0.6 is 12.2 Å². The second kappa shape index (κ2) is 8.04. The molecule has 5 heteroatoms. The largest absolute Gasteiger partial charge is 0.338 e. The molecule has 1 amide bonds. The van der Waals surface area contributed by atoms with E-state index in [2.05, 4.69) is 34.5 Å². The van der Waals surface area contributed by atoms with Crippen molar-refractivity contribution >= 4 is 23.2 Å². The van der Waals surface area contributed by atoms with Gasteiger partial charge < -0.3 is 9.80 Å². The van der Waals surface area contributed by atoms with E-state index in [1.165, 1.54) is 5.56 Å². The minimum Gasteiger partial charge on any atom is -0.338 e. The van der Waals surface area contributed by atoms with E-state index in [1.807, 2.05) is 24.3 Å². The first kappa shape index (κ1) is 16.6. The summed E-state index contributed by atoms with van der Waals surface area (Å²) in [6.07, 6.45) is 0. The Labute approximate surface area is 148 Å². The fourth-order valence-electron chi connectivity index (χ4n) is 2.93. The number of carbonyl (C=O) groups is 1. The van der Waals surface area contributed by atoms with Crippen LogP contribution in [-0.4, -0.2) is 42.1 Å². The molecule has 0 atom stereocenters. The van der Waals surface area contributed by atoms with Crippen molar-refractivity contribution in [1.82, 2.24) is 10.2 Å². The number of quaternary nitrogens is 1. The minimum absolute atomic E-state index is 0.139. The van der Waals surface area contributed by atoms with Crippen molar-refractivity contribution in [2.24, 2.45) is 0 Å². The van der Waals surface area contributed by atoms with Crippen molar-refractivity contribution in [3.63, 3.8) is 0 Å². The second-order valence-corrected chi connectivity index (χ2v) is 6.41. The van der Waals surface area contributed by atoms with Gasteiger partial charge in [-0.1, -0.05) is 48.5 Å². The summed E-state index contributed by atoms with van der Waals surface area (Å²) in [6, 6.07) is 19.7. The monoisotopic (exact) mass is 340 g/mol. The van der Waals surface area contributed by atoms with Crippen LogP contribution in [0, 0.1) is 0 Å². The van der Waals surface area contributed by atoms with E-state index in [0.717, 1.165) is 32.7 Å². The Morgan fingerprint density at radius 2 is 1.58 bits per heavy atom. The molecule has 4 nitrogen and oxygen atoms in total. The lowest BCUT2D eigenvalue weighted by Crippen LogP contribution is -3.13. The standard InChI is InChI=1S/C19H21N3OS/c23-18(17-9-5-2-6-10-17)20-19(24)22-13-11-21(12-14-22)15-16-7-3-1-4-8-16/h1-10H,11-15H2,(H,20,23,24)/p+1. The van der Waals surface area contributed by atoms with Crippen LogP contribution in [0.25, 0.3) is 0 Å². The molecule has 1 fully saturated rings. The van der Waals surface area contributed by atoms with Crippen LogP contribution in [0.4, 0.5) is 0 Å². The quantitative estimate of drug-likeness (QED) is 0.822. The number of nitrogens with one attached hydrogen (secondary N) is 2. The first-order valence-electron chi connectivity index (χ1n) is 8.25. The highest BCUT2D eigenvalue weighted by Gasteiger charge is 2.22. The lowest BCUT2D eigenvalue weighted by Gasteiger charge is -2.33. The molecule has 0 bridgehead atoms. The molecule has 1 saturated heterocycles. The number of piperazine rings is 1. The molecule has 0 aromatic heterocycles. The normalized spacial score (nSPS) is 15.1. The maximum Gasteiger partial charge on any atom is 0.257 e. The zero-order valence-corrected chi connectivity index (χ0v) is 14.4. The van der Waals surface area contributed by atoms with Gasteiger partial charge in [0.25, 0.3) is 5.91 Å². The predicted molar refractivity (Wildman–Crippen MR) is 98.9 cm³/mol. The van der Waals surface area contributed by atoms with Crippen molar-refractivity contribution in [2.75, 3.05) is 26.2 Å².